The quantitative estimate of drug-likeness (QED) is 0.807. The monoisotopic (exact) mass is 233 g/mol. The molecular formula is C7H8BrNO3. The van der Waals surface area contributed by atoms with Crippen molar-refractivity contribution in [3.8, 4) is 0 Å². The van der Waals surface area contributed by atoms with Gasteiger partial charge in [-0.05, 0) is 6.92 Å². The lowest BCUT2D eigenvalue weighted by molar-refractivity contribution is 0.0685. The molecule has 0 unspecified atom stereocenters. The highest BCUT2D eigenvalue weighted by molar-refractivity contribution is 9.09. The molecule has 1 heterocycles. The second-order valence-corrected chi connectivity index (χ2v) is 3.12. The summed E-state index contributed by atoms with van der Waals surface area (Å²) in [6.45, 7) is 1.69. The van der Waals surface area contributed by atoms with Crippen molar-refractivity contribution in [3.05, 3.63) is 17.0 Å². The summed E-state index contributed by atoms with van der Waals surface area (Å²) in [7, 11) is 0. The van der Waals surface area contributed by atoms with Crippen molar-refractivity contribution in [2.24, 2.45) is 0 Å². The smallest absolute Gasteiger partial charge is 0.358 e. The number of carbonyl (C=O) groups is 1. The molecule has 0 saturated heterocycles. The Kier molecular flexibility index (Phi) is 2.86. The van der Waals surface area contributed by atoms with Crippen LogP contribution in [0, 0.1) is 6.92 Å². The van der Waals surface area contributed by atoms with Gasteiger partial charge in [-0.25, -0.2) is 4.79 Å². The molecule has 0 bridgehead atoms. The Morgan fingerprint density at radius 2 is 2.42 bits per heavy atom. The summed E-state index contributed by atoms with van der Waals surface area (Å²) >= 11 is 3.23. The molecule has 1 rings (SSSR count). The number of carboxylic acid groups (broad SMARTS) is 1. The molecule has 0 saturated carbocycles. The van der Waals surface area contributed by atoms with Crippen LogP contribution in [0.4, 0.5) is 0 Å². The first-order chi connectivity index (χ1) is 5.66. The Hall–Kier alpha value is -0.840. The number of aromatic carboxylic acids is 1. The summed E-state index contributed by atoms with van der Waals surface area (Å²) in [6.07, 6.45) is 0.659. The number of hydrogen-bond acceptors (Lipinski definition) is 3. The van der Waals surface area contributed by atoms with E-state index in [0.717, 1.165) is 5.33 Å². The maximum absolute atomic E-state index is 10.5. The van der Waals surface area contributed by atoms with Crippen LogP contribution in [0.2, 0.25) is 0 Å². The minimum absolute atomic E-state index is 0.00551. The van der Waals surface area contributed by atoms with Crippen LogP contribution in [0.3, 0.4) is 0 Å². The van der Waals surface area contributed by atoms with Crippen LogP contribution in [-0.4, -0.2) is 21.6 Å². The molecule has 0 aliphatic heterocycles. The third-order valence-electron chi connectivity index (χ3n) is 1.54. The molecule has 0 aromatic carbocycles. The lowest BCUT2D eigenvalue weighted by Crippen LogP contribution is -1.99. The van der Waals surface area contributed by atoms with Crippen molar-refractivity contribution in [1.29, 1.82) is 0 Å². The van der Waals surface area contributed by atoms with Gasteiger partial charge in [0.15, 0.2) is 5.69 Å². The number of alkyl halides is 1. The zero-order valence-corrected chi connectivity index (χ0v) is 8.09. The summed E-state index contributed by atoms with van der Waals surface area (Å²) in [4.78, 5) is 10.5. The van der Waals surface area contributed by atoms with E-state index in [9.17, 15) is 4.79 Å². The minimum atomic E-state index is -1.04. The molecule has 0 atom stereocenters. The maximum atomic E-state index is 10.5. The van der Waals surface area contributed by atoms with Crippen molar-refractivity contribution in [2.75, 3.05) is 5.33 Å². The van der Waals surface area contributed by atoms with Gasteiger partial charge in [0.2, 0.25) is 0 Å². The molecule has 1 aromatic heterocycles. The van der Waals surface area contributed by atoms with E-state index in [0.29, 0.717) is 17.7 Å². The Bertz CT molecular complexity index is 295. The van der Waals surface area contributed by atoms with E-state index in [1.807, 2.05) is 0 Å². The molecule has 1 N–H and O–H groups in total. The fourth-order valence-corrected chi connectivity index (χ4v) is 1.25. The van der Waals surface area contributed by atoms with E-state index in [2.05, 4.69) is 21.1 Å². The number of aromatic nitrogens is 1. The van der Waals surface area contributed by atoms with Gasteiger partial charge in [-0.15, -0.1) is 0 Å². The maximum Gasteiger partial charge on any atom is 0.358 e. The van der Waals surface area contributed by atoms with E-state index in [-0.39, 0.29) is 5.69 Å². The van der Waals surface area contributed by atoms with Gasteiger partial charge in [0.1, 0.15) is 5.76 Å². The standard InChI is InChI=1S/C7H8BrNO3/c1-4-5(2-3-8)12-9-6(4)7(10)11/h2-3H2,1H3,(H,10,11). The van der Waals surface area contributed by atoms with Gasteiger partial charge < -0.3 is 9.63 Å². The summed E-state index contributed by atoms with van der Waals surface area (Å²) in [5.74, 6) is -0.415. The molecule has 4 nitrogen and oxygen atoms in total. The highest BCUT2D eigenvalue weighted by Gasteiger charge is 2.16. The van der Waals surface area contributed by atoms with E-state index in [4.69, 9.17) is 9.63 Å². The van der Waals surface area contributed by atoms with Crippen LogP contribution in [0.25, 0.3) is 0 Å². The van der Waals surface area contributed by atoms with Gasteiger partial charge in [0.05, 0.1) is 0 Å². The van der Waals surface area contributed by atoms with Gasteiger partial charge >= 0.3 is 5.97 Å². The summed E-state index contributed by atoms with van der Waals surface area (Å²) < 4.78 is 4.84. The highest BCUT2D eigenvalue weighted by Crippen LogP contribution is 2.13. The van der Waals surface area contributed by atoms with E-state index in [1.54, 1.807) is 6.92 Å². The van der Waals surface area contributed by atoms with Crippen LogP contribution in [0.5, 0.6) is 0 Å². The van der Waals surface area contributed by atoms with Gasteiger partial charge in [-0.3, -0.25) is 0 Å². The molecular weight excluding hydrogens is 226 g/mol. The number of hydrogen-bond donors (Lipinski definition) is 1. The first kappa shape index (κ1) is 9.25. The molecule has 0 amide bonds. The molecule has 0 radical (unpaired) electrons. The number of halogens is 1. The van der Waals surface area contributed by atoms with Crippen molar-refractivity contribution < 1.29 is 14.4 Å². The largest absolute Gasteiger partial charge is 0.476 e. The second-order valence-electron chi connectivity index (χ2n) is 2.32. The fourth-order valence-electron chi connectivity index (χ4n) is 0.888. The molecule has 0 fully saturated rings. The van der Waals surface area contributed by atoms with Crippen molar-refractivity contribution in [3.63, 3.8) is 0 Å². The van der Waals surface area contributed by atoms with Crippen LogP contribution in [-0.2, 0) is 6.42 Å². The van der Waals surface area contributed by atoms with Gasteiger partial charge in [0.25, 0.3) is 0 Å². The van der Waals surface area contributed by atoms with Crippen molar-refractivity contribution in [1.82, 2.24) is 5.16 Å². The third-order valence-corrected chi connectivity index (χ3v) is 1.94. The molecule has 12 heavy (non-hydrogen) atoms. The average molecular weight is 234 g/mol. The molecule has 0 spiro atoms. The predicted octanol–water partition coefficient (Wildman–Crippen LogP) is 1.62. The first-order valence-electron chi connectivity index (χ1n) is 3.41. The zero-order chi connectivity index (χ0) is 9.14. The number of carboxylic acids is 1. The average Bonchev–Trinajstić information content (AvgIpc) is 2.34. The Labute approximate surface area is 77.7 Å². The first-order valence-corrected chi connectivity index (χ1v) is 4.53. The number of aryl methyl sites for hydroxylation is 1. The minimum Gasteiger partial charge on any atom is -0.476 e. The fraction of sp³-hybridized carbons (Fsp3) is 0.429. The summed E-state index contributed by atoms with van der Waals surface area (Å²) in [5.41, 5.74) is 0.618. The van der Waals surface area contributed by atoms with Crippen molar-refractivity contribution in [2.45, 2.75) is 13.3 Å². The van der Waals surface area contributed by atoms with Crippen LogP contribution in [0.15, 0.2) is 4.52 Å². The normalized spacial score (nSPS) is 10.2. The summed E-state index contributed by atoms with van der Waals surface area (Å²) in [5, 5.41) is 12.8. The second kappa shape index (κ2) is 3.71. The highest BCUT2D eigenvalue weighted by atomic mass is 79.9. The molecule has 5 heteroatoms. The Balaban J connectivity index is 2.96. The number of nitrogens with zero attached hydrogens (tertiary/aromatic N) is 1. The SMILES string of the molecule is Cc1c(C(=O)O)noc1CCBr. The lowest BCUT2D eigenvalue weighted by atomic mass is 10.2. The van der Waals surface area contributed by atoms with Gasteiger partial charge in [-0.1, -0.05) is 21.1 Å². The van der Waals surface area contributed by atoms with Gasteiger partial charge in [-0.2, -0.15) is 0 Å². The van der Waals surface area contributed by atoms with E-state index < -0.39 is 5.97 Å². The Morgan fingerprint density at radius 1 is 1.75 bits per heavy atom. The topological polar surface area (TPSA) is 63.3 Å². The number of rotatable bonds is 3. The molecule has 1 aromatic rings. The van der Waals surface area contributed by atoms with Crippen LogP contribution in [0.1, 0.15) is 21.8 Å². The van der Waals surface area contributed by atoms with E-state index >= 15 is 0 Å². The lowest BCUT2D eigenvalue weighted by Gasteiger charge is -1.90. The van der Waals surface area contributed by atoms with E-state index in [1.165, 1.54) is 0 Å². The summed E-state index contributed by atoms with van der Waals surface area (Å²) in [6, 6.07) is 0. The third kappa shape index (κ3) is 1.66. The molecule has 0 aliphatic rings. The van der Waals surface area contributed by atoms with Gasteiger partial charge in [0, 0.05) is 17.3 Å². The van der Waals surface area contributed by atoms with Crippen LogP contribution >= 0.6 is 15.9 Å². The van der Waals surface area contributed by atoms with Crippen LogP contribution < -0.4 is 0 Å². The van der Waals surface area contributed by atoms with Crippen molar-refractivity contribution >= 4 is 21.9 Å². The Morgan fingerprint density at radius 3 is 2.83 bits per heavy atom. The molecule has 0 aliphatic carbocycles. The molecule has 66 valence electrons. The predicted molar refractivity (Wildman–Crippen MR) is 45.7 cm³/mol. The zero-order valence-electron chi connectivity index (χ0n) is 6.50.